The van der Waals surface area contributed by atoms with E-state index in [1.165, 1.54) is 17.4 Å². The van der Waals surface area contributed by atoms with E-state index in [0.29, 0.717) is 9.48 Å². The Morgan fingerprint density at radius 1 is 1.33 bits per heavy atom. The van der Waals surface area contributed by atoms with Gasteiger partial charge in [0, 0.05) is 15.8 Å². The molecular weight excluding hydrogens is 367 g/mol. The molecule has 0 amide bonds. The molecule has 0 aliphatic carbocycles. The zero-order valence-corrected chi connectivity index (χ0v) is 13.7. The maximum Gasteiger partial charge on any atom is 0.416 e. The fourth-order valence-electron chi connectivity index (χ4n) is 1.88. The topological polar surface area (TPSA) is 33.1 Å². The first kappa shape index (κ1) is 16.5. The van der Waals surface area contributed by atoms with Gasteiger partial charge in [0.05, 0.1) is 22.4 Å². The number of aliphatic hydroxyl groups is 1. The second-order valence-corrected chi connectivity index (χ2v) is 6.85. The first-order valence-electron chi connectivity index (χ1n) is 6.16. The molecule has 2 rings (SSSR count). The smallest absolute Gasteiger partial charge is 0.388 e. The summed E-state index contributed by atoms with van der Waals surface area (Å²) in [6, 6.07) is 3.26. The molecule has 1 heterocycles. The molecule has 2 nitrogen and oxygen atoms in total. The minimum atomic E-state index is -4.43. The molecule has 21 heavy (non-hydrogen) atoms. The second kappa shape index (κ2) is 6.06. The highest BCUT2D eigenvalue weighted by Gasteiger charge is 2.31. The van der Waals surface area contributed by atoms with Crippen LogP contribution in [0.25, 0.3) is 0 Å². The first-order valence-corrected chi connectivity index (χ1v) is 7.77. The Hall–Kier alpha value is -0.920. The average molecular weight is 380 g/mol. The van der Waals surface area contributed by atoms with E-state index < -0.39 is 17.8 Å². The van der Waals surface area contributed by atoms with Gasteiger partial charge in [0.1, 0.15) is 0 Å². The molecule has 0 radical (unpaired) electrons. The Kier molecular flexibility index (Phi) is 4.75. The molecule has 1 unspecified atom stereocenters. The third-order valence-corrected chi connectivity index (χ3v) is 4.94. The normalized spacial score (nSPS) is 13.5. The van der Waals surface area contributed by atoms with E-state index in [4.69, 9.17) is 0 Å². The molecular formula is C14H13BrF3NOS. The van der Waals surface area contributed by atoms with Crippen molar-refractivity contribution in [3.63, 3.8) is 0 Å². The van der Waals surface area contributed by atoms with E-state index in [9.17, 15) is 18.3 Å². The van der Waals surface area contributed by atoms with E-state index in [2.05, 4.69) is 20.9 Å². The van der Waals surface area contributed by atoms with Gasteiger partial charge in [-0.1, -0.05) is 15.9 Å². The van der Waals surface area contributed by atoms with Gasteiger partial charge in [0.15, 0.2) is 0 Å². The van der Waals surface area contributed by atoms with Gasteiger partial charge in [-0.15, -0.1) is 11.3 Å². The first-order chi connectivity index (χ1) is 9.68. The fraction of sp³-hybridized carbons (Fsp3) is 0.357. The standard InChI is InChI=1S/C14H13BrF3NOS/c1-7-8(2)21-13(19-7)6-12(20)10-5-9(14(16,17)18)3-4-11(10)15/h3-5,12,20H,6H2,1-2H3. The van der Waals surface area contributed by atoms with Crippen molar-refractivity contribution in [1.82, 2.24) is 4.98 Å². The number of aromatic nitrogens is 1. The number of benzene rings is 1. The van der Waals surface area contributed by atoms with Crippen LogP contribution in [0.2, 0.25) is 0 Å². The SMILES string of the molecule is Cc1nc(CC(O)c2cc(C(F)(F)F)ccc2Br)sc1C. The Morgan fingerprint density at radius 3 is 2.52 bits per heavy atom. The number of rotatable bonds is 3. The highest BCUT2D eigenvalue weighted by Crippen LogP contribution is 2.35. The largest absolute Gasteiger partial charge is 0.416 e. The number of hydrogen-bond donors (Lipinski definition) is 1. The number of nitrogens with zero attached hydrogens (tertiary/aromatic N) is 1. The lowest BCUT2D eigenvalue weighted by atomic mass is 10.0. The third-order valence-electron chi connectivity index (χ3n) is 3.12. The summed E-state index contributed by atoms with van der Waals surface area (Å²) in [6.45, 7) is 3.78. The van der Waals surface area contributed by atoms with Gasteiger partial charge in [0.25, 0.3) is 0 Å². The van der Waals surface area contributed by atoms with Crippen LogP contribution in [0.1, 0.15) is 32.8 Å². The van der Waals surface area contributed by atoms with Crippen LogP contribution in [0.15, 0.2) is 22.7 Å². The zero-order valence-electron chi connectivity index (χ0n) is 11.3. The Balaban J connectivity index is 2.28. The van der Waals surface area contributed by atoms with Crippen molar-refractivity contribution in [3.8, 4) is 0 Å². The minimum absolute atomic E-state index is 0.194. The predicted molar refractivity (Wildman–Crippen MR) is 79.4 cm³/mol. The minimum Gasteiger partial charge on any atom is -0.388 e. The second-order valence-electron chi connectivity index (χ2n) is 4.70. The van der Waals surface area contributed by atoms with Crippen molar-refractivity contribution in [1.29, 1.82) is 0 Å². The average Bonchev–Trinajstić information content (AvgIpc) is 2.67. The van der Waals surface area contributed by atoms with Crippen LogP contribution in [0.4, 0.5) is 13.2 Å². The van der Waals surface area contributed by atoms with Crippen molar-refractivity contribution in [2.45, 2.75) is 32.5 Å². The molecule has 0 spiro atoms. The summed E-state index contributed by atoms with van der Waals surface area (Å²) in [5.41, 5.74) is 0.326. The molecule has 0 bridgehead atoms. The molecule has 1 aromatic carbocycles. The Labute approximate surface area is 132 Å². The van der Waals surface area contributed by atoms with Gasteiger partial charge in [-0.25, -0.2) is 4.98 Å². The van der Waals surface area contributed by atoms with E-state index in [1.54, 1.807) is 0 Å². The predicted octanol–water partition coefficient (Wildman–Crippen LogP) is 4.82. The van der Waals surface area contributed by atoms with Crippen molar-refractivity contribution in [2.24, 2.45) is 0 Å². The van der Waals surface area contributed by atoms with Crippen LogP contribution in [-0.4, -0.2) is 10.1 Å². The number of alkyl halides is 3. The van der Waals surface area contributed by atoms with Crippen molar-refractivity contribution in [3.05, 3.63) is 49.4 Å². The summed E-state index contributed by atoms with van der Waals surface area (Å²) in [7, 11) is 0. The van der Waals surface area contributed by atoms with Crippen molar-refractivity contribution < 1.29 is 18.3 Å². The molecule has 2 aromatic rings. The maximum absolute atomic E-state index is 12.7. The summed E-state index contributed by atoms with van der Waals surface area (Å²) in [6.07, 6.45) is -5.27. The fourth-order valence-corrected chi connectivity index (χ4v) is 3.36. The van der Waals surface area contributed by atoms with Gasteiger partial charge in [-0.2, -0.15) is 13.2 Å². The number of aryl methyl sites for hydroxylation is 2. The van der Waals surface area contributed by atoms with E-state index in [-0.39, 0.29) is 12.0 Å². The summed E-state index contributed by atoms with van der Waals surface area (Å²) < 4.78 is 38.7. The van der Waals surface area contributed by atoms with Gasteiger partial charge in [-0.05, 0) is 37.6 Å². The van der Waals surface area contributed by atoms with Crippen LogP contribution in [-0.2, 0) is 12.6 Å². The van der Waals surface area contributed by atoms with Gasteiger partial charge >= 0.3 is 6.18 Å². The van der Waals surface area contributed by atoms with E-state index >= 15 is 0 Å². The molecule has 0 saturated carbocycles. The summed E-state index contributed by atoms with van der Waals surface area (Å²) in [5, 5.41) is 10.9. The summed E-state index contributed by atoms with van der Waals surface area (Å²) in [5.74, 6) is 0. The Morgan fingerprint density at radius 2 is 2.00 bits per heavy atom. The summed E-state index contributed by atoms with van der Waals surface area (Å²) in [4.78, 5) is 5.34. The molecule has 0 aliphatic rings. The van der Waals surface area contributed by atoms with Gasteiger partial charge in [-0.3, -0.25) is 0 Å². The van der Waals surface area contributed by atoms with Crippen LogP contribution >= 0.6 is 27.3 Å². The molecule has 7 heteroatoms. The number of halogens is 4. The van der Waals surface area contributed by atoms with Crippen LogP contribution < -0.4 is 0 Å². The zero-order chi connectivity index (χ0) is 15.8. The lowest BCUT2D eigenvalue weighted by molar-refractivity contribution is -0.137. The quantitative estimate of drug-likeness (QED) is 0.829. The monoisotopic (exact) mass is 379 g/mol. The molecule has 0 saturated heterocycles. The van der Waals surface area contributed by atoms with Crippen molar-refractivity contribution >= 4 is 27.3 Å². The molecule has 0 aliphatic heterocycles. The number of aliphatic hydroxyl groups excluding tert-OH is 1. The van der Waals surface area contributed by atoms with E-state index in [0.717, 1.165) is 22.7 Å². The van der Waals surface area contributed by atoms with Crippen LogP contribution in [0.3, 0.4) is 0 Å². The van der Waals surface area contributed by atoms with Gasteiger partial charge in [0.2, 0.25) is 0 Å². The molecule has 0 fully saturated rings. The van der Waals surface area contributed by atoms with Gasteiger partial charge < -0.3 is 5.11 Å². The van der Waals surface area contributed by atoms with Crippen LogP contribution in [0, 0.1) is 13.8 Å². The highest BCUT2D eigenvalue weighted by atomic mass is 79.9. The maximum atomic E-state index is 12.7. The number of hydrogen-bond acceptors (Lipinski definition) is 3. The van der Waals surface area contributed by atoms with Crippen molar-refractivity contribution in [2.75, 3.05) is 0 Å². The molecule has 114 valence electrons. The lowest BCUT2D eigenvalue weighted by Gasteiger charge is -2.14. The highest BCUT2D eigenvalue weighted by molar-refractivity contribution is 9.10. The Bertz CT molecular complexity index is 635. The molecule has 1 N–H and O–H groups in total. The third kappa shape index (κ3) is 3.84. The number of thiazole rings is 1. The van der Waals surface area contributed by atoms with E-state index in [1.807, 2.05) is 13.8 Å². The summed E-state index contributed by atoms with van der Waals surface area (Å²) >= 11 is 4.63. The van der Waals surface area contributed by atoms with Crippen LogP contribution in [0.5, 0.6) is 0 Å². The molecule has 1 atom stereocenters. The molecule has 1 aromatic heterocycles. The lowest BCUT2D eigenvalue weighted by Crippen LogP contribution is -2.08.